The number of benzene rings is 1. The van der Waals surface area contributed by atoms with Gasteiger partial charge in [-0.3, -0.25) is 9.59 Å². The monoisotopic (exact) mass is 332 g/mol. The van der Waals surface area contributed by atoms with Crippen molar-refractivity contribution >= 4 is 11.8 Å². The van der Waals surface area contributed by atoms with Gasteiger partial charge < -0.3 is 15.7 Å². The number of carbonyl (C=O) groups excluding carboxylic acids is 2. The number of hydrogen-bond donors (Lipinski definition) is 3. The fraction of sp³-hybridized carbons (Fsp3) is 0.474. The molecule has 5 nitrogen and oxygen atoms in total. The summed E-state index contributed by atoms with van der Waals surface area (Å²) >= 11 is 0. The summed E-state index contributed by atoms with van der Waals surface area (Å²) < 4.78 is 0. The zero-order valence-electron chi connectivity index (χ0n) is 14.5. The normalized spacial score (nSPS) is 14.3. The summed E-state index contributed by atoms with van der Waals surface area (Å²) in [5, 5.41) is 14.9. The molecule has 0 saturated heterocycles. The molecular formula is C19H28N2O3. The second-order valence-corrected chi connectivity index (χ2v) is 6.02. The van der Waals surface area contributed by atoms with Crippen LogP contribution in [0.5, 0.6) is 0 Å². The van der Waals surface area contributed by atoms with E-state index in [1.165, 1.54) is 0 Å². The molecule has 1 aromatic rings. The summed E-state index contributed by atoms with van der Waals surface area (Å²) in [6.45, 7) is 7.90. The molecule has 0 bridgehead atoms. The second kappa shape index (κ2) is 10.6. The van der Waals surface area contributed by atoms with E-state index in [0.29, 0.717) is 18.5 Å². The molecule has 0 unspecified atom stereocenters. The first-order valence-electron chi connectivity index (χ1n) is 8.38. The van der Waals surface area contributed by atoms with Crippen LogP contribution in [0.15, 0.2) is 43.0 Å². The Morgan fingerprint density at radius 1 is 1.29 bits per heavy atom. The number of aliphatic hydroxyl groups excluding tert-OH is 1. The molecule has 0 saturated carbocycles. The summed E-state index contributed by atoms with van der Waals surface area (Å²) in [4.78, 5) is 24.8. The van der Waals surface area contributed by atoms with Crippen LogP contribution in [0.1, 0.15) is 37.0 Å². The number of aliphatic hydroxyl groups is 1. The van der Waals surface area contributed by atoms with Crippen molar-refractivity contribution in [2.75, 3.05) is 13.2 Å². The van der Waals surface area contributed by atoms with Crippen molar-refractivity contribution in [3.05, 3.63) is 48.6 Å². The topological polar surface area (TPSA) is 78.4 Å². The van der Waals surface area contributed by atoms with Crippen molar-refractivity contribution in [1.29, 1.82) is 0 Å². The van der Waals surface area contributed by atoms with Gasteiger partial charge in [-0.05, 0) is 24.5 Å². The van der Waals surface area contributed by atoms with Gasteiger partial charge in [-0.1, -0.05) is 44.5 Å². The largest absolute Gasteiger partial charge is 0.396 e. The minimum Gasteiger partial charge on any atom is -0.396 e. The highest BCUT2D eigenvalue weighted by Crippen LogP contribution is 2.10. The standard InChI is InChI=1S/C19H28N2O3/c1-4-9-15(13-22)12-20-19(24)17(14(3)5-2)21-18(23)16-10-7-6-8-11-16/h4,6-8,10-11,14-15,17,22H,1,5,9,12-13H2,2-3H3,(H,20,24)(H,21,23)/t14-,15+,17-/m1/s1. The van der Waals surface area contributed by atoms with Crippen molar-refractivity contribution in [2.24, 2.45) is 11.8 Å². The highest BCUT2D eigenvalue weighted by atomic mass is 16.3. The number of allylic oxidation sites excluding steroid dienone is 1. The van der Waals surface area contributed by atoms with Crippen LogP contribution in [0, 0.1) is 11.8 Å². The summed E-state index contributed by atoms with van der Waals surface area (Å²) in [5.41, 5.74) is 0.526. The number of amides is 2. The van der Waals surface area contributed by atoms with Gasteiger partial charge in [0.2, 0.25) is 5.91 Å². The van der Waals surface area contributed by atoms with Crippen LogP contribution in [0.25, 0.3) is 0 Å². The number of carbonyl (C=O) groups is 2. The molecule has 0 aliphatic rings. The van der Waals surface area contributed by atoms with Gasteiger partial charge in [-0.15, -0.1) is 6.58 Å². The van der Waals surface area contributed by atoms with Crippen LogP contribution in [-0.4, -0.2) is 36.1 Å². The first-order chi connectivity index (χ1) is 11.5. The number of nitrogens with one attached hydrogen (secondary N) is 2. The Hall–Kier alpha value is -2.14. The molecule has 0 radical (unpaired) electrons. The summed E-state index contributed by atoms with van der Waals surface area (Å²) in [6.07, 6.45) is 3.11. The molecule has 0 fully saturated rings. The van der Waals surface area contributed by atoms with Crippen LogP contribution >= 0.6 is 0 Å². The molecule has 0 aromatic heterocycles. The molecule has 0 aliphatic heterocycles. The van der Waals surface area contributed by atoms with Crippen molar-refractivity contribution in [3.63, 3.8) is 0 Å². The van der Waals surface area contributed by atoms with Crippen molar-refractivity contribution in [3.8, 4) is 0 Å². The third-order valence-electron chi connectivity index (χ3n) is 4.14. The predicted octanol–water partition coefficient (Wildman–Crippen LogP) is 2.13. The summed E-state index contributed by atoms with van der Waals surface area (Å²) in [7, 11) is 0. The Labute approximate surface area is 144 Å². The lowest BCUT2D eigenvalue weighted by atomic mass is 9.97. The molecule has 5 heteroatoms. The Morgan fingerprint density at radius 2 is 1.96 bits per heavy atom. The van der Waals surface area contributed by atoms with Crippen LogP contribution < -0.4 is 10.6 Å². The highest BCUT2D eigenvalue weighted by molar-refractivity contribution is 5.97. The maximum absolute atomic E-state index is 12.5. The molecule has 0 aliphatic carbocycles. The fourth-order valence-corrected chi connectivity index (χ4v) is 2.33. The number of hydrogen-bond acceptors (Lipinski definition) is 3. The van der Waals surface area contributed by atoms with E-state index in [1.807, 2.05) is 19.9 Å². The lowest BCUT2D eigenvalue weighted by Gasteiger charge is -2.24. The van der Waals surface area contributed by atoms with Crippen molar-refractivity contribution < 1.29 is 14.7 Å². The average molecular weight is 332 g/mol. The lowest BCUT2D eigenvalue weighted by molar-refractivity contribution is -0.124. The van der Waals surface area contributed by atoms with E-state index < -0.39 is 6.04 Å². The maximum atomic E-state index is 12.5. The summed E-state index contributed by atoms with van der Waals surface area (Å²) in [6, 6.07) is 8.23. The van der Waals surface area contributed by atoms with Crippen LogP contribution in [-0.2, 0) is 4.79 Å². The van der Waals surface area contributed by atoms with Gasteiger partial charge in [0, 0.05) is 24.6 Å². The molecule has 24 heavy (non-hydrogen) atoms. The van der Waals surface area contributed by atoms with E-state index in [-0.39, 0.29) is 30.3 Å². The van der Waals surface area contributed by atoms with E-state index in [0.717, 1.165) is 6.42 Å². The van der Waals surface area contributed by atoms with E-state index in [1.54, 1.807) is 30.3 Å². The van der Waals surface area contributed by atoms with Gasteiger partial charge in [0.05, 0.1) is 0 Å². The van der Waals surface area contributed by atoms with Gasteiger partial charge in [-0.25, -0.2) is 0 Å². The van der Waals surface area contributed by atoms with Gasteiger partial charge >= 0.3 is 0 Å². The first-order valence-corrected chi connectivity index (χ1v) is 8.38. The molecule has 0 heterocycles. The van der Waals surface area contributed by atoms with E-state index in [4.69, 9.17) is 0 Å². The van der Waals surface area contributed by atoms with Crippen molar-refractivity contribution in [1.82, 2.24) is 10.6 Å². The Bertz CT molecular complexity index is 531. The van der Waals surface area contributed by atoms with Crippen LogP contribution in [0.3, 0.4) is 0 Å². The van der Waals surface area contributed by atoms with Gasteiger partial charge in [0.1, 0.15) is 6.04 Å². The molecule has 1 aromatic carbocycles. The highest BCUT2D eigenvalue weighted by Gasteiger charge is 2.26. The van der Waals surface area contributed by atoms with Crippen LogP contribution in [0.2, 0.25) is 0 Å². The molecular weight excluding hydrogens is 304 g/mol. The molecule has 3 atom stereocenters. The first kappa shape index (κ1) is 19.9. The second-order valence-electron chi connectivity index (χ2n) is 6.02. The lowest BCUT2D eigenvalue weighted by Crippen LogP contribution is -2.51. The van der Waals surface area contributed by atoms with Crippen molar-refractivity contribution in [2.45, 2.75) is 32.7 Å². The Morgan fingerprint density at radius 3 is 2.50 bits per heavy atom. The molecule has 1 rings (SSSR count). The maximum Gasteiger partial charge on any atom is 0.251 e. The quantitative estimate of drug-likeness (QED) is 0.574. The Kier molecular flexibility index (Phi) is 8.79. The average Bonchev–Trinajstić information content (AvgIpc) is 2.62. The van der Waals surface area contributed by atoms with Gasteiger partial charge in [0.25, 0.3) is 5.91 Å². The van der Waals surface area contributed by atoms with E-state index in [2.05, 4.69) is 17.2 Å². The third kappa shape index (κ3) is 6.16. The minimum atomic E-state index is -0.606. The Balaban J connectivity index is 2.72. The van der Waals surface area contributed by atoms with Gasteiger partial charge in [0.15, 0.2) is 0 Å². The molecule has 132 valence electrons. The summed E-state index contributed by atoms with van der Waals surface area (Å²) in [5.74, 6) is -0.546. The molecule has 3 N–H and O–H groups in total. The predicted molar refractivity (Wildman–Crippen MR) is 95.6 cm³/mol. The fourth-order valence-electron chi connectivity index (χ4n) is 2.33. The SMILES string of the molecule is C=CC[C@H](CO)CNC(=O)[C@H](NC(=O)c1ccccc1)[C@H](C)CC. The number of rotatable bonds is 10. The minimum absolute atomic E-state index is 0.00430. The zero-order chi connectivity index (χ0) is 17.9. The third-order valence-corrected chi connectivity index (χ3v) is 4.14. The van der Waals surface area contributed by atoms with Crippen LogP contribution in [0.4, 0.5) is 0 Å². The zero-order valence-corrected chi connectivity index (χ0v) is 14.5. The molecule has 2 amide bonds. The smallest absolute Gasteiger partial charge is 0.251 e. The van der Waals surface area contributed by atoms with E-state index in [9.17, 15) is 14.7 Å². The van der Waals surface area contributed by atoms with Gasteiger partial charge in [-0.2, -0.15) is 0 Å². The molecule has 0 spiro atoms. The van der Waals surface area contributed by atoms with E-state index >= 15 is 0 Å².